The van der Waals surface area contributed by atoms with Gasteiger partial charge in [0, 0.05) is 17.5 Å². The Morgan fingerprint density at radius 2 is 1.58 bits per heavy atom. The number of carbonyl (C=O) groups is 3. The molecule has 0 aromatic heterocycles. The number of nitrogens with zero attached hydrogens (tertiary/aromatic N) is 2. The number of imide groups is 1. The Hall–Kier alpha value is -2.66. The maximum atomic E-state index is 13.7. The lowest BCUT2D eigenvalue weighted by molar-refractivity contribution is -0.141. The van der Waals surface area contributed by atoms with Gasteiger partial charge in [-0.1, -0.05) is 69.6 Å². The number of amides is 3. The minimum absolute atomic E-state index is 0.0202. The molecule has 3 amide bonds. The number of anilines is 1. The SMILES string of the molecule is CC1(C)C(C(=O)N(Cc2ccccc2)C2CC(=O)N(c3ccc(Cl)cc3)C2=O)C1(C)C. The molecule has 162 valence electrons. The molecule has 1 saturated carbocycles. The van der Waals surface area contributed by atoms with Gasteiger partial charge in [-0.3, -0.25) is 14.4 Å². The van der Waals surface area contributed by atoms with E-state index in [-0.39, 0.29) is 40.9 Å². The van der Waals surface area contributed by atoms with Gasteiger partial charge in [0.25, 0.3) is 5.91 Å². The summed E-state index contributed by atoms with van der Waals surface area (Å²) < 4.78 is 0. The van der Waals surface area contributed by atoms with Gasteiger partial charge in [-0.05, 0) is 40.7 Å². The zero-order valence-corrected chi connectivity index (χ0v) is 19.0. The second kappa shape index (κ2) is 7.49. The third-order valence-corrected chi connectivity index (χ3v) is 7.58. The van der Waals surface area contributed by atoms with E-state index < -0.39 is 6.04 Å². The summed E-state index contributed by atoms with van der Waals surface area (Å²) in [7, 11) is 0. The third-order valence-electron chi connectivity index (χ3n) is 7.33. The fourth-order valence-electron chi connectivity index (χ4n) is 4.82. The number of hydrogen-bond acceptors (Lipinski definition) is 3. The Labute approximate surface area is 188 Å². The molecule has 0 N–H and O–H groups in total. The molecule has 1 unspecified atom stereocenters. The van der Waals surface area contributed by atoms with E-state index >= 15 is 0 Å². The Kier molecular flexibility index (Phi) is 5.21. The van der Waals surface area contributed by atoms with E-state index in [1.165, 1.54) is 4.90 Å². The molecule has 0 spiro atoms. The molecule has 1 aliphatic carbocycles. The van der Waals surface area contributed by atoms with Gasteiger partial charge in [0.1, 0.15) is 6.04 Å². The maximum absolute atomic E-state index is 13.7. The highest BCUT2D eigenvalue weighted by molar-refractivity contribution is 6.30. The molecule has 6 heteroatoms. The second-order valence-electron chi connectivity index (χ2n) is 9.59. The average molecular weight is 439 g/mol. The first-order chi connectivity index (χ1) is 14.6. The summed E-state index contributed by atoms with van der Waals surface area (Å²) in [6, 6.07) is 15.4. The van der Waals surface area contributed by atoms with Crippen LogP contribution in [0.1, 0.15) is 39.7 Å². The largest absolute Gasteiger partial charge is 0.325 e. The highest BCUT2D eigenvalue weighted by Crippen LogP contribution is 2.69. The molecule has 0 radical (unpaired) electrons. The van der Waals surface area contributed by atoms with Crippen molar-refractivity contribution in [3.8, 4) is 0 Å². The smallest absolute Gasteiger partial charge is 0.257 e. The molecular weight excluding hydrogens is 412 g/mol. The van der Waals surface area contributed by atoms with Crippen molar-refractivity contribution in [2.24, 2.45) is 16.7 Å². The number of rotatable bonds is 5. The van der Waals surface area contributed by atoms with Crippen LogP contribution in [0.5, 0.6) is 0 Å². The van der Waals surface area contributed by atoms with Crippen molar-refractivity contribution in [3.63, 3.8) is 0 Å². The Bertz CT molecular complexity index is 1020. The Morgan fingerprint density at radius 3 is 2.13 bits per heavy atom. The van der Waals surface area contributed by atoms with Crippen LogP contribution in [-0.2, 0) is 20.9 Å². The number of carbonyl (C=O) groups excluding carboxylic acids is 3. The molecule has 2 aromatic carbocycles. The minimum Gasteiger partial charge on any atom is -0.325 e. The van der Waals surface area contributed by atoms with Gasteiger partial charge < -0.3 is 4.90 Å². The summed E-state index contributed by atoms with van der Waals surface area (Å²) in [5.74, 6) is -0.940. The summed E-state index contributed by atoms with van der Waals surface area (Å²) >= 11 is 5.96. The topological polar surface area (TPSA) is 57.7 Å². The van der Waals surface area contributed by atoms with E-state index in [2.05, 4.69) is 27.7 Å². The van der Waals surface area contributed by atoms with Crippen LogP contribution in [-0.4, -0.2) is 28.7 Å². The van der Waals surface area contributed by atoms with Gasteiger partial charge in [-0.2, -0.15) is 0 Å². The zero-order chi connectivity index (χ0) is 22.6. The van der Waals surface area contributed by atoms with Crippen molar-refractivity contribution in [2.45, 2.75) is 46.7 Å². The molecule has 2 aliphatic rings. The quantitative estimate of drug-likeness (QED) is 0.636. The molecular formula is C25H27ClN2O3. The Balaban J connectivity index is 1.67. The first kappa shape index (κ1) is 21.6. The lowest BCUT2D eigenvalue weighted by atomic mass is 10.0. The Morgan fingerprint density at radius 1 is 1.00 bits per heavy atom. The van der Waals surface area contributed by atoms with E-state index in [9.17, 15) is 14.4 Å². The van der Waals surface area contributed by atoms with E-state index in [4.69, 9.17) is 11.6 Å². The third kappa shape index (κ3) is 3.55. The number of halogens is 1. The van der Waals surface area contributed by atoms with Crippen molar-refractivity contribution in [1.82, 2.24) is 4.90 Å². The standard InChI is InChI=1S/C25H27ClN2O3/c1-24(2)21(25(24,3)4)23(31)27(15-16-8-6-5-7-9-16)19-14-20(29)28(22(19)30)18-12-10-17(26)11-13-18/h5-13,19,21H,14-15H2,1-4H3. The van der Waals surface area contributed by atoms with Crippen LogP contribution in [0.4, 0.5) is 5.69 Å². The van der Waals surface area contributed by atoms with Crippen molar-refractivity contribution in [2.75, 3.05) is 4.90 Å². The van der Waals surface area contributed by atoms with Crippen molar-refractivity contribution < 1.29 is 14.4 Å². The summed E-state index contributed by atoms with van der Waals surface area (Å²) in [5.41, 5.74) is 1.07. The number of hydrogen-bond donors (Lipinski definition) is 0. The molecule has 2 fully saturated rings. The first-order valence-electron chi connectivity index (χ1n) is 10.5. The summed E-state index contributed by atoms with van der Waals surface area (Å²) in [6.45, 7) is 8.62. The van der Waals surface area contributed by atoms with Gasteiger partial charge in [-0.25, -0.2) is 4.90 Å². The van der Waals surface area contributed by atoms with Gasteiger partial charge in [-0.15, -0.1) is 0 Å². The van der Waals surface area contributed by atoms with Crippen molar-refractivity contribution in [1.29, 1.82) is 0 Å². The summed E-state index contributed by atoms with van der Waals surface area (Å²) in [6.07, 6.45) is -0.0202. The molecule has 1 saturated heterocycles. The molecule has 1 atom stereocenters. The number of benzene rings is 2. The van der Waals surface area contributed by atoms with E-state index in [0.29, 0.717) is 17.3 Å². The van der Waals surface area contributed by atoms with Gasteiger partial charge >= 0.3 is 0 Å². The minimum atomic E-state index is -0.817. The molecule has 31 heavy (non-hydrogen) atoms. The van der Waals surface area contributed by atoms with Crippen LogP contribution in [0.3, 0.4) is 0 Å². The normalized spacial score (nSPS) is 22.0. The highest BCUT2D eigenvalue weighted by atomic mass is 35.5. The van der Waals surface area contributed by atoms with E-state index in [0.717, 1.165) is 5.56 Å². The van der Waals surface area contributed by atoms with E-state index in [1.807, 2.05) is 30.3 Å². The van der Waals surface area contributed by atoms with Crippen LogP contribution >= 0.6 is 11.6 Å². The lowest BCUT2D eigenvalue weighted by Crippen LogP contribution is -2.46. The fourth-order valence-corrected chi connectivity index (χ4v) is 4.95. The second-order valence-corrected chi connectivity index (χ2v) is 10.0. The molecule has 1 heterocycles. The predicted molar refractivity (Wildman–Crippen MR) is 120 cm³/mol. The van der Waals surface area contributed by atoms with Crippen molar-refractivity contribution >= 4 is 35.0 Å². The van der Waals surface area contributed by atoms with Crippen LogP contribution < -0.4 is 4.90 Å². The van der Waals surface area contributed by atoms with Crippen LogP contribution in [0.2, 0.25) is 5.02 Å². The molecule has 0 bridgehead atoms. The molecule has 4 rings (SSSR count). The van der Waals surface area contributed by atoms with Crippen LogP contribution in [0.15, 0.2) is 54.6 Å². The van der Waals surface area contributed by atoms with Crippen molar-refractivity contribution in [3.05, 3.63) is 65.2 Å². The molecule has 1 aliphatic heterocycles. The fraction of sp³-hybridized carbons (Fsp3) is 0.400. The van der Waals surface area contributed by atoms with Crippen LogP contribution in [0, 0.1) is 16.7 Å². The monoisotopic (exact) mass is 438 g/mol. The average Bonchev–Trinajstić information content (AvgIpc) is 2.96. The van der Waals surface area contributed by atoms with Gasteiger partial charge in [0.2, 0.25) is 11.8 Å². The zero-order valence-electron chi connectivity index (χ0n) is 18.3. The maximum Gasteiger partial charge on any atom is 0.257 e. The highest BCUT2D eigenvalue weighted by Gasteiger charge is 2.69. The van der Waals surface area contributed by atoms with Gasteiger partial charge in [0.05, 0.1) is 12.1 Å². The van der Waals surface area contributed by atoms with E-state index in [1.54, 1.807) is 29.2 Å². The summed E-state index contributed by atoms with van der Waals surface area (Å²) in [5, 5.41) is 0.526. The molecule has 2 aromatic rings. The summed E-state index contributed by atoms with van der Waals surface area (Å²) in [4.78, 5) is 42.7. The molecule has 5 nitrogen and oxygen atoms in total. The predicted octanol–water partition coefficient (Wildman–Crippen LogP) is 4.68. The van der Waals surface area contributed by atoms with Crippen LogP contribution in [0.25, 0.3) is 0 Å². The first-order valence-corrected chi connectivity index (χ1v) is 10.9. The van der Waals surface area contributed by atoms with Gasteiger partial charge in [0.15, 0.2) is 0 Å². The lowest BCUT2D eigenvalue weighted by Gasteiger charge is -2.29.